The Morgan fingerprint density at radius 3 is 2.81 bits per heavy atom. The number of anilines is 1. The molecule has 0 spiro atoms. The van der Waals surface area contributed by atoms with Crippen molar-refractivity contribution in [1.29, 1.82) is 0 Å². The second-order valence-corrected chi connectivity index (χ2v) is 3.11. The number of nitrogen functional groups attached to an aromatic ring is 1. The minimum absolute atomic E-state index is 0.0501. The van der Waals surface area contributed by atoms with Crippen LogP contribution in [0, 0.1) is 0 Å². The number of rotatable bonds is 5. The van der Waals surface area contributed by atoms with E-state index in [1.54, 1.807) is 0 Å². The lowest BCUT2D eigenvalue weighted by Crippen LogP contribution is -2.11. The van der Waals surface area contributed by atoms with Crippen LogP contribution in [0.2, 0.25) is 0 Å². The Bertz CT molecular complexity index is 365. The van der Waals surface area contributed by atoms with Gasteiger partial charge in [-0.1, -0.05) is 0 Å². The molecule has 1 aromatic rings. The van der Waals surface area contributed by atoms with Gasteiger partial charge in [0.15, 0.2) is 0 Å². The maximum atomic E-state index is 11.5. The van der Waals surface area contributed by atoms with Crippen molar-refractivity contribution in [3.05, 3.63) is 23.8 Å². The van der Waals surface area contributed by atoms with E-state index in [0.717, 1.165) is 0 Å². The standard InChI is InChI=1S/C11H15NO4/c1-2-15-5-6-16-11(14)8-3-4-10(13)9(12)7-8/h3-4,7,13H,2,5-6,12H2,1H3. The molecule has 0 bridgehead atoms. The summed E-state index contributed by atoms with van der Waals surface area (Å²) >= 11 is 0. The number of ether oxygens (including phenoxy) is 2. The van der Waals surface area contributed by atoms with Crippen molar-refractivity contribution in [2.24, 2.45) is 0 Å². The largest absolute Gasteiger partial charge is 0.506 e. The van der Waals surface area contributed by atoms with Gasteiger partial charge >= 0.3 is 5.97 Å². The Balaban J connectivity index is 2.50. The van der Waals surface area contributed by atoms with Crippen molar-refractivity contribution in [1.82, 2.24) is 0 Å². The van der Waals surface area contributed by atoms with E-state index in [1.807, 2.05) is 6.92 Å². The third-order valence-corrected chi connectivity index (χ3v) is 1.93. The highest BCUT2D eigenvalue weighted by atomic mass is 16.6. The molecule has 5 nitrogen and oxygen atoms in total. The van der Waals surface area contributed by atoms with E-state index in [4.69, 9.17) is 15.2 Å². The number of carbonyl (C=O) groups excluding carboxylic acids is 1. The highest BCUT2D eigenvalue weighted by Gasteiger charge is 2.08. The van der Waals surface area contributed by atoms with Crippen molar-refractivity contribution in [3.8, 4) is 5.75 Å². The number of nitrogens with two attached hydrogens (primary N) is 1. The predicted molar refractivity (Wildman–Crippen MR) is 59.3 cm³/mol. The number of hydrogen-bond acceptors (Lipinski definition) is 5. The summed E-state index contributed by atoms with van der Waals surface area (Å²) in [6, 6.07) is 4.18. The molecule has 0 radical (unpaired) electrons. The average Bonchev–Trinajstić information content (AvgIpc) is 2.28. The molecule has 0 amide bonds. The number of aromatic hydroxyl groups is 1. The summed E-state index contributed by atoms with van der Waals surface area (Å²) in [5, 5.41) is 9.17. The van der Waals surface area contributed by atoms with Gasteiger partial charge in [-0.2, -0.15) is 0 Å². The molecule has 0 atom stereocenters. The van der Waals surface area contributed by atoms with Gasteiger partial charge in [-0.05, 0) is 25.1 Å². The lowest BCUT2D eigenvalue weighted by atomic mass is 10.2. The van der Waals surface area contributed by atoms with Gasteiger partial charge in [0, 0.05) is 6.61 Å². The highest BCUT2D eigenvalue weighted by molar-refractivity contribution is 5.90. The zero-order valence-electron chi connectivity index (χ0n) is 9.10. The monoisotopic (exact) mass is 225 g/mol. The van der Waals surface area contributed by atoms with Crippen LogP contribution in [0.25, 0.3) is 0 Å². The van der Waals surface area contributed by atoms with Crippen LogP contribution in [-0.2, 0) is 9.47 Å². The molecular weight excluding hydrogens is 210 g/mol. The van der Waals surface area contributed by atoms with Crippen molar-refractivity contribution in [2.45, 2.75) is 6.92 Å². The van der Waals surface area contributed by atoms with E-state index in [9.17, 15) is 9.90 Å². The van der Waals surface area contributed by atoms with E-state index in [-0.39, 0.29) is 18.0 Å². The fourth-order valence-corrected chi connectivity index (χ4v) is 1.10. The van der Waals surface area contributed by atoms with E-state index in [2.05, 4.69) is 0 Å². The molecule has 0 aliphatic carbocycles. The third kappa shape index (κ3) is 3.43. The number of hydrogen-bond donors (Lipinski definition) is 2. The molecule has 1 aromatic carbocycles. The Morgan fingerprint density at radius 2 is 2.19 bits per heavy atom. The van der Waals surface area contributed by atoms with Gasteiger partial charge in [0.25, 0.3) is 0 Å². The first-order chi connectivity index (χ1) is 7.65. The van der Waals surface area contributed by atoms with Gasteiger partial charge in [0.2, 0.25) is 0 Å². The van der Waals surface area contributed by atoms with E-state index < -0.39 is 5.97 Å². The molecule has 16 heavy (non-hydrogen) atoms. The molecule has 0 aromatic heterocycles. The first kappa shape index (κ1) is 12.3. The van der Waals surface area contributed by atoms with Crippen LogP contribution in [0.5, 0.6) is 5.75 Å². The van der Waals surface area contributed by atoms with Gasteiger partial charge in [-0.15, -0.1) is 0 Å². The number of phenols is 1. The Kier molecular flexibility index (Phi) is 4.60. The van der Waals surface area contributed by atoms with Gasteiger partial charge in [-0.3, -0.25) is 0 Å². The first-order valence-corrected chi connectivity index (χ1v) is 4.98. The fourth-order valence-electron chi connectivity index (χ4n) is 1.10. The summed E-state index contributed by atoms with van der Waals surface area (Å²) in [6.07, 6.45) is 0. The van der Waals surface area contributed by atoms with E-state index in [0.29, 0.717) is 18.8 Å². The second-order valence-electron chi connectivity index (χ2n) is 3.11. The molecule has 0 heterocycles. The Labute approximate surface area is 93.8 Å². The summed E-state index contributed by atoms with van der Waals surface area (Å²) in [4.78, 5) is 11.5. The molecule has 0 saturated heterocycles. The molecule has 0 aliphatic heterocycles. The summed E-state index contributed by atoms with van der Waals surface area (Å²) < 4.78 is 9.94. The van der Waals surface area contributed by atoms with Crippen LogP contribution < -0.4 is 5.73 Å². The second kappa shape index (κ2) is 5.97. The summed E-state index contributed by atoms with van der Waals surface area (Å²) in [6.45, 7) is 3.02. The molecule has 5 heteroatoms. The molecule has 88 valence electrons. The van der Waals surface area contributed by atoms with Crippen molar-refractivity contribution >= 4 is 11.7 Å². The Morgan fingerprint density at radius 1 is 1.44 bits per heavy atom. The number of benzene rings is 1. The minimum atomic E-state index is -0.480. The molecule has 3 N–H and O–H groups in total. The molecule has 0 fully saturated rings. The normalized spacial score (nSPS) is 10.1. The SMILES string of the molecule is CCOCCOC(=O)c1ccc(O)c(N)c1. The third-order valence-electron chi connectivity index (χ3n) is 1.93. The zero-order chi connectivity index (χ0) is 12.0. The lowest BCUT2D eigenvalue weighted by Gasteiger charge is -2.06. The van der Waals surface area contributed by atoms with Gasteiger partial charge < -0.3 is 20.3 Å². The van der Waals surface area contributed by atoms with Gasteiger partial charge in [-0.25, -0.2) is 4.79 Å². The van der Waals surface area contributed by atoms with Crippen LogP contribution in [0.3, 0.4) is 0 Å². The van der Waals surface area contributed by atoms with Crippen LogP contribution in [0.4, 0.5) is 5.69 Å². The molecule has 1 rings (SSSR count). The zero-order valence-corrected chi connectivity index (χ0v) is 9.10. The Hall–Kier alpha value is -1.75. The summed E-state index contributed by atoms with van der Waals surface area (Å²) in [5.41, 5.74) is 5.92. The fraction of sp³-hybridized carbons (Fsp3) is 0.364. The smallest absolute Gasteiger partial charge is 0.338 e. The van der Waals surface area contributed by atoms with Crippen LogP contribution in [-0.4, -0.2) is 30.9 Å². The maximum absolute atomic E-state index is 11.5. The molecule has 0 aliphatic rings. The predicted octanol–water partition coefficient (Wildman–Crippen LogP) is 1.17. The van der Waals surface area contributed by atoms with Crippen LogP contribution in [0.1, 0.15) is 17.3 Å². The topological polar surface area (TPSA) is 81.8 Å². The lowest BCUT2D eigenvalue weighted by molar-refractivity contribution is 0.0335. The van der Waals surface area contributed by atoms with Crippen molar-refractivity contribution < 1.29 is 19.4 Å². The minimum Gasteiger partial charge on any atom is -0.506 e. The summed E-state index contributed by atoms with van der Waals surface area (Å²) in [5.74, 6) is -0.530. The molecule has 0 unspecified atom stereocenters. The van der Waals surface area contributed by atoms with Gasteiger partial charge in [0.05, 0.1) is 17.9 Å². The molecular formula is C11H15NO4. The van der Waals surface area contributed by atoms with Gasteiger partial charge in [0.1, 0.15) is 12.4 Å². The number of phenolic OH excluding ortho intramolecular Hbond substituents is 1. The highest BCUT2D eigenvalue weighted by Crippen LogP contribution is 2.20. The summed E-state index contributed by atoms with van der Waals surface area (Å²) in [7, 11) is 0. The maximum Gasteiger partial charge on any atom is 0.338 e. The van der Waals surface area contributed by atoms with Crippen molar-refractivity contribution in [2.75, 3.05) is 25.6 Å². The number of esters is 1. The van der Waals surface area contributed by atoms with E-state index >= 15 is 0 Å². The average molecular weight is 225 g/mol. The number of carbonyl (C=O) groups is 1. The first-order valence-electron chi connectivity index (χ1n) is 4.98. The molecule has 0 saturated carbocycles. The van der Waals surface area contributed by atoms with E-state index in [1.165, 1.54) is 18.2 Å². The quantitative estimate of drug-likeness (QED) is 0.340. The van der Waals surface area contributed by atoms with Crippen molar-refractivity contribution in [3.63, 3.8) is 0 Å². The van der Waals surface area contributed by atoms with Crippen LogP contribution >= 0.6 is 0 Å². The van der Waals surface area contributed by atoms with Crippen LogP contribution in [0.15, 0.2) is 18.2 Å².